The molecule has 0 fully saturated rings. The van der Waals surface area contributed by atoms with Crippen molar-refractivity contribution >= 4 is 41.2 Å². The molecule has 0 aliphatic heterocycles. The van der Waals surface area contributed by atoms with Crippen LogP contribution in [0.25, 0.3) is 0 Å². The molecule has 2 nitrogen and oxygen atoms in total. The molecule has 0 aliphatic rings. The second-order valence-corrected chi connectivity index (χ2v) is 4.39. The second-order valence-electron chi connectivity index (χ2n) is 2.67. The summed E-state index contributed by atoms with van der Waals surface area (Å²) in [6, 6.07) is 5.81. The number of carboxylic acid groups (broad SMARTS) is 1. The Labute approximate surface area is 95.9 Å². The Balaban J connectivity index is 2.72. The fourth-order valence-corrected chi connectivity index (χ4v) is 2.05. The van der Waals surface area contributed by atoms with E-state index in [0.29, 0.717) is 6.42 Å². The SMILES string of the molecule is O=C(O)CCc1ccc(I)cc1S. The molecule has 1 aromatic carbocycles. The first-order valence-corrected chi connectivity index (χ1v) is 5.31. The summed E-state index contributed by atoms with van der Waals surface area (Å²) in [5.41, 5.74) is 0.992. The molecule has 0 radical (unpaired) electrons. The highest BCUT2D eigenvalue weighted by Gasteiger charge is 2.02. The standard InChI is InChI=1S/C9H9IO2S/c10-7-3-1-6(8(13)5-7)2-4-9(11)12/h1,3,5,13H,2,4H2,(H,11,12). The van der Waals surface area contributed by atoms with Crippen LogP contribution in [0.2, 0.25) is 0 Å². The number of aliphatic carboxylic acids is 1. The van der Waals surface area contributed by atoms with Gasteiger partial charge in [-0.1, -0.05) is 6.07 Å². The summed E-state index contributed by atoms with van der Waals surface area (Å²) in [7, 11) is 0. The summed E-state index contributed by atoms with van der Waals surface area (Å²) in [5, 5.41) is 8.49. The minimum atomic E-state index is -0.772. The molecule has 0 aromatic heterocycles. The van der Waals surface area contributed by atoms with E-state index in [-0.39, 0.29) is 6.42 Å². The van der Waals surface area contributed by atoms with Gasteiger partial charge in [0.2, 0.25) is 0 Å². The van der Waals surface area contributed by atoms with Crippen molar-refractivity contribution < 1.29 is 9.90 Å². The lowest BCUT2D eigenvalue weighted by Gasteiger charge is -2.03. The van der Waals surface area contributed by atoms with Gasteiger partial charge in [-0.05, 0) is 46.7 Å². The van der Waals surface area contributed by atoms with E-state index in [0.717, 1.165) is 14.0 Å². The average Bonchev–Trinajstić information content (AvgIpc) is 2.02. The number of carbonyl (C=O) groups is 1. The summed E-state index contributed by atoms with van der Waals surface area (Å²) in [6.07, 6.45) is 0.708. The average molecular weight is 308 g/mol. The van der Waals surface area contributed by atoms with Crippen molar-refractivity contribution in [2.75, 3.05) is 0 Å². The highest BCUT2D eigenvalue weighted by Crippen LogP contribution is 2.18. The van der Waals surface area contributed by atoms with Gasteiger partial charge in [0.25, 0.3) is 0 Å². The summed E-state index contributed by atoms with van der Waals surface area (Å²) >= 11 is 6.47. The number of benzene rings is 1. The highest BCUT2D eigenvalue weighted by molar-refractivity contribution is 14.1. The number of carboxylic acids is 1. The molecule has 0 bridgehead atoms. The first-order chi connectivity index (χ1) is 6.09. The van der Waals surface area contributed by atoms with E-state index in [2.05, 4.69) is 35.2 Å². The summed E-state index contributed by atoms with van der Waals surface area (Å²) in [6.45, 7) is 0. The Bertz CT molecular complexity index is 325. The molecule has 70 valence electrons. The highest BCUT2D eigenvalue weighted by atomic mass is 127. The fraction of sp³-hybridized carbons (Fsp3) is 0.222. The first kappa shape index (κ1) is 10.8. The zero-order chi connectivity index (χ0) is 9.84. The van der Waals surface area contributed by atoms with Gasteiger partial charge in [-0.15, -0.1) is 12.6 Å². The van der Waals surface area contributed by atoms with E-state index in [1.54, 1.807) is 0 Å². The predicted molar refractivity (Wildman–Crippen MR) is 62.4 cm³/mol. The van der Waals surface area contributed by atoms with Gasteiger partial charge in [-0.3, -0.25) is 4.79 Å². The number of halogens is 1. The number of hydrogen-bond donors (Lipinski definition) is 2. The molecule has 13 heavy (non-hydrogen) atoms. The number of rotatable bonds is 3. The third kappa shape index (κ3) is 3.56. The van der Waals surface area contributed by atoms with Crippen molar-refractivity contribution in [3.63, 3.8) is 0 Å². The van der Waals surface area contributed by atoms with Crippen LogP contribution in [0.5, 0.6) is 0 Å². The Kier molecular flexibility index (Phi) is 4.05. The zero-order valence-corrected chi connectivity index (χ0v) is 9.88. The lowest BCUT2D eigenvalue weighted by molar-refractivity contribution is -0.136. The molecule has 0 atom stereocenters. The molecule has 0 unspecified atom stereocenters. The largest absolute Gasteiger partial charge is 0.481 e. The quantitative estimate of drug-likeness (QED) is 0.665. The van der Waals surface area contributed by atoms with Crippen molar-refractivity contribution in [3.05, 3.63) is 27.3 Å². The lowest BCUT2D eigenvalue weighted by atomic mass is 10.1. The van der Waals surface area contributed by atoms with Gasteiger partial charge >= 0.3 is 5.97 Å². The molecule has 0 amide bonds. The van der Waals surface area contributed by atoms with Gasteiger partial charge in [0, 0.05) is 14.9 Å². The van der Waals surface area contributed by atoms with Gasteiger partial charge in [0.05, 0.1) is 0 Å². The first-order valence-electron chi connectivity index (χ1n) is 3.79. The van der Waals surface area contributed by atoms with Crippen LogP contribution in [0, 0.1) is 3.57 Å². The van der Waals surface area contributed by atoms with Crippen LogP contribution in [0.4, 0.5) is 0 Å². The minimum absolute atomic E-state index is 0.161. The zero-order valence-electron chi connectivity index (χ0n) is 6.83. The molecule has 0 spiro atoms. The Morgan fingerprint density at radius 1 is 1.54 bits per heavy atom. The van der Waals surface area contributed by atoms with Gasteiger partial charge in [0.15, 0.2) is 0 Å². The van der Waals surface area contributed by atoms with E-state index in [1.807, 2.05) is 18.2 Å². The van der Waals surface area contributed by atoms with E-state index >= 15 is 0 Å². The summed E-state index contributed by atoms with van der Waals surface area (Å²) in [4.78, 5) is 11.2. The Hall–Kier alpha value is -0.230. The molecule has 1 rings (SSSR count). The lowest BCUT2D eigenvalue weighted by Crippen LogP contribution is -1.98. The van der Waals surface area contributed by atoms with E-state index in [4.69, 9.17) is 5.11 Å². The van der Waals surface area contributed by atoms with Crippen LogP contribution in [-0.4, -0.2) is 11.1 Å². The third-order valence-electron chi connectivity index (χ3n) is 1.66. The second kappa shape index (κ2) is 4.85. The van der Waals surface area contributed by atoms with Gasteiger partial charge in [-0.25, -0.2) is 0 Å². The van der Waals surface area contributed by atoms with Crippen LogP contribution >= 0.6 is 35.2 Å². The van der Waals surface area contributed by atoms with Crippen molar-refractivity contribution in [1.29, 1.82) is 0 Å². The van der Waals surface area contributed by atoms with Gasteiger partial charge < -0.3 is 5.11 Å². The van der Waals surface area contributed by atoms with E-state index in [1.165, 1.54) is 0 Å². The monoisotopic (exact) mass is 308 g/mol. The van der Waals surface area contributed by atoms with E-state index in [9.17, 15) is 4.79 Å². The van der Waals surface area contributed by atoms with Crippen molar-refractivity contribution in [2.24, 2.45) is 0 Å². The van der Waals surface area contributed by atoms with Crippen LogP contribution in [-0.2, 0) is 11.2 Å². The topological polar surface area (TPSA) is 37.3 Å². The fourth-order valence-electron chi connectivity index (χ4n) is 0.990. The number of hydrogen-bond acceptors (Lipinski definition) is 2. The van der Waals surface area contributed by atoms with Gasteiger partial charge in [0.1, 0.15) is 0 Å². The maximum atomic E-state index is 10.3. The predicted octanol–water partition coefficient (Wildman–Crippen LogP) is 2.60. The van der Waals surface area contributed by atoms with Gasteiger partial charge in [-0.2, -0.15) is 0 Å². The van der Waals surface area contributed by atoms with Crippen molar-refractivity contribution in [2.45, 2.75) is 17.7 Å². The van der Waals surface area contributed by atoms with Crippen molar-refractivity contribution in [3.8, 4) is 0 Å². The smallest absolute Gasteiger partial charge is 0.303 e. The molecule has 1 N–H and O–H groups in total. The molecule has 0 saturated carbocycles. The van der Waals surface area contributed by atoms with Crippen LogP contribution in [0.15, 0.2) is 23.1 Å². The summed E-state index contributed by atoms with van der Waals surface area (Å²) in [5.74, 6) is -0.772. The Morgan fingerprint density at radius 2 is 2.23 bits per heavy atom. The molecule has 1 aromatic rings. The maximum Gasteiger partial charge on any atom is 0.303 e. The molecule has 4 heteroatoms. The Morgan fingerprint density at radius 3 is 2.77 bits per heavy atom. The minimum Gasteiger partial charge on any atom is -0.481 e. The molecular weight excluding hydrogens is 299 g/mol. The maximum absolute atomic E-state index is 10.3. The van der Waals surface area contributed by atoms with Crippen LogP contribution < -0.4 is 0 Å². The number of aryl methyl sites for hydroxylation is 1. The normalized spacial score (nSPS) is 10.0. The molecule has 0 heterocycles. The van der Waals surface area contributed by atoms with Crippen LogP contribution in [0.1, 0.15) is 12.0 Å². The van der Waals surface area contributed by atoms with Crippen molar-refractivity contribution in [1.82, 2.24) is 0 Å². The van der Waals surface area contributed by atoms with E-state index < -0.39 is 5.97 Å². The molecular formula is C9H9IO2S. The summed E-state index contributed by atoms with van der Waals surface area (Å²) < 4.78 is 1.11. The number of thiol groups is 1. The van der Waals surface area contributed by atoms with Crippen LogP contribution in [0.3, 0.4) is 0 Å². The third-order valence-corrected chi connectivity index (χ3v) is 2.74. The molecule has 0 saturated heterocycles. The molecule has 0 aliphatic carbocycles.